The molecule has 224 valence electrons. The predicted molar refractivity (Wildman–Crippen MR) is 162 cm³/mol. The summed E-state index contributed by atoms with van der Waals surface area (Å²) in [4.78, 5) is 38.0. The van der Waals surface area contributed by atoms with Gasteiger partial charge in [0, 0.05) is 5.69 Å². The van der Waals surface area contributed by atoms with Crippen LogP contribution in [0.2, 0.25) is 0 Å². The van der Waals surface area contributed by atoms with E-state index in [1.165, 1.54) is 28.8 Å². The Hall–Kier alpha value is -3.74. The smallest absolute Gasteiger partial charge is 0.317 e. The molecule has 6 nitrogen and oxygen atoms in total. The van der Waals surface area contributed by atoms with Crippen molar-refractivity contribution in [2.75, 3.05) is 4.90 Å². The molecule has 1 aliphatic carbocycles. The molecule has 1 fully saturated rings. The highest BCUT2D eigenvalue weighted by molar-refractivity contribution is 6.04. The number of benzene rings is 2. The first kappa shape index (κ1) is 31.2. The highest BCUT2D eigenvalue weighted by Crippen LogP contribution is 2.44. The summed E-state index contributed by atoms with van der Waals surface area (Å²) in [6, 6.07) is 14.8. The average Bonchev–Trinajstić information content (AvgIpc) is 2.95. The van der Waals surface area contributed by atoms with Crippen LogP contribution in [0.3, 0.4) is 0 Å². The van der Waals surface area contributed by atoms with Crippen molar-refractivity contribution < 1.29 is 29.0 Å². The van der Waals surface area contributed by atoms with Gasteiger partial charge in [0.05, 0.1) is 12.0 Å². The van der Waals surface area contributed by atoms with E-state index in [2.05, 4.69) is 45.1 Å². The number of nitrogens with zero attached hydrogens (tertiary/aromatic N) is 1. The Bertz CT molecular complexity index is 1320. The third-order valence-electron chi connectivity index (χ3n) is 8.94. The van der Waals surface area contributed by atoms with Gasteiger partial charge in [-0.1, -0.05) is 69.2 Å². The minimum atomic E-state index is -1.38. The number of allylic oxidation sites excluding steroid dienone is 3. The van der Waals surface area contributed by atoms with Gasteiger partial charge in [0.1, 0.15) is 5.82 Å². The first-order valence-corrected chi connectivity index (χ1v) is 15.1. The van der Waals surface area contributed by atoms with Crippen molar-refractivity contribution in [3.8, 4) is 0 Å². The number of halogens is 1. The third-order valence-corrected chi connectivity index (χ3v) is 8.94. The van der Waals surface area contributed by atoms with Crippen LogP contribution < -0.4 is 4.90 Å². The monoisotopic (exact) mass is 575 g/mol. The molecule has 0 spiro atoms. The molecule has 0 saturated carbocycles. The Balaban J connectivity index is 1.51. The largest absolute Gasteiger partial charge is 0.481 e. The van der Waals surface area contributed by atoms with Crippen LogP contribution in [0.5, 0.6) is 0 Å². The number of hydrogen-bond donors (Lipinski definition) is 2. The van der Waals surface area contributed by atoms with Crippen molar-refractivity contribution >= 4 is 23.5 Å². The molecule has 1 aliphatic heterocycles. The molecule has 4 unspecified atom stereocenters. The molecule has 4 rings (SSSR count). The standard InChI is InChI=1S/C35H42FNO5/c1-4-6-24-10-18-29(19-11-24)37-32(30(33(37)38)20-9-22(2)26-14-16-28(36)17-15-26)27-13-12-25(23(3)21-27)7-5-8-31(34(39)40)35(41)42/h10-19,22-23,30-32H,4-9,20-21H2,1-3H3,(H,39,40)(H,41,42). The van der Waals surface area contributed by atoms with Crippen LogP contribution in [-0.2, 0) is 20.8 Å². The molecule has 7 heteroatoms. The quantitative estimate of drug-likeness (QED) is 0.179. The molecule has 0 bridgehead atoms. The maximum absolute atomic E-state index is 13.6. The molecule has 0 radical (unpaired) electrons. The van der Waals surface area contributed by atoms with Crippen LogP contribution in [0.25, 0.3) is 0 Å². The average molecular weight is 576 g/mol. The molecule has 42 heavy (non-hydrogen) atoms. The second-order valence-electron chi connectivity index (χ2n) is 11.9. The van der Waals surface area contributed by atoms with Crippen LogP contribution >= 0.6 is 0 Å². The lowest BCUT2D eigenvalue weighted by molar-refractivity contribution is -0.154. The molecule has 2 N–H and O–H groups in total. The van der Waals surface area contributed by atoms with Crippen molar-refractivity contribution in [3.05, 3.63) is 88.8 Å². The third kappa shape index (κ3) is 7.18. The lowest BCUT2D eigenvalue weighted by Crippen LogP contribution is -2.62. The van der Waals surface area contributed by atoms with E-state index in [1.54, 1.807) is 0 Å². The van der Waals surface area contributed by atoms with Gasteiger partial charge in [-0.15, -0.1) is 0 Å². The highest BCUT2D eigenvalue weighted by Gasteiger charge is 2.49. The number of carboxylic acids is 2. The van der Waals surface area contributed by atoms with Gasteiger partial charge in [0.25, 0.3) is 0 Å². The van der Waals surface area contributed by atoms with Crippen LogP contribution in [0.15, 0.2) is 71.8 Å². The van der Waals surface area contributed by atoms with Gasteiger partial charge in [-0.2, -0.15) is 0 Å². The number of hydrogen-bond acceptors (Lipinski definition) is 3. The van der Waals surface area contributed by atoms with Crippen LogP contribution in [0.4, 0.5) is 10.1 Å². The van der Waals surface area contributed by atoms with Crippen molar-refractivity contribution in [3.63, 3.8) is 0 Å². The number of carboxylic acid groups (broad SMARTS) is 2. The van der Waals surface area contributed by atoms with Crippen molar-refractivity contribution in [1.29, 1.82) is 0 Å². The number of carbonyl (C=O) groups excluding carboxylic acids is 1. The number of aliphatic carboxylic acids is 2. The predicted octanol–water partition coefficient (Wildman–Crippen LogP) is 7.54. The summed E-state index contributed by atoms with van der Waals surface area (Å²) >= 11 is 0. The zero-order valence-corrected chi connectivity index (χ0v) is 24.8. The topological polar surface area (TPSA) is 94.9 Å². The lowest BCUT2D eigenvalue weighted by atomic mass is 9.72. The number of aryl methyl sites for hydroxylation is 1. The minimum Gasteiger partial charge on any atom is -0.481 e. The Kier molecular flexibility index (Phi) is 10.4. The Morgan fingerprint density at radius 1 is 0.976 bits per heavy atom. The fourth-order valence-corrected chi connectivity index (χ4v) is 6.38. The normalized spacial score (nSPS) is 21.0. The molecule has 1 amide bonds. The van der Waals surface area contributed by atoms with Crippen molar-refractivity contribution in [2.24, 2.45) is 17.8 Å². The summed E-state index contributed by atoms with van der Waals surface area (Å²) in [6.07, 6.45) is 9.84. The summed E-state index contributed by atoms with van der Waals surface area (Å²) < 4.78 is 13.4. The number of rotatable bonds is 14. The first-order valence-electron chi connectivity index (χ1n) is 15.1. The lowest BCUT2D eigenvalue weighted by Gasteiger charge is -2.49. The van der Waals surface area contributed by atoms with E-state index in [-0.39, 0.29) is 41.9 Å². The summed E-state index contributed by atoms with van der Waals surface area (Å²) in [5.74, 6) is -3.83. The van der Waals surface area contributed by atoms with Gasteiger partial charge in [0.2, 0.25) is 5.91 Å². The molecule has 2 aliphatic rings. The van der Waals surface area contributed by atoms with E-state index < -0.39 is 17.9 Å². The summed E-state index contributed by atoms with van der Waals surface area (Å²) in [5, 5.41) is 18.3. The van der Waals surface area contributed by atoms with Crippen molar-refractivity contribution in [1.82, 2.24) is 0 Å². The summed E-state index contributed by atoms with van der Waals surface area (Å²) in [6.45, 7) is 6.40. The van der Waals surface area contributed by atoms with Gasteiger partial charge in [-0.05, 0) is 97.7 Å². The molecular formula is C35H42FNO5. The minimum absolute atomic E-state index is 0.0430. The number of carbonyl (C=O) groups is 3. The number of amides is 1. The second-order valence-corrected chi connectivity index (χ2v) is 11.9. The van der Waals surface area contributed by atoms with E-state index in [1.807, 2.05) is 29.2 Å². The molecule has 2 aromatic rings. The van der Waals surface area contributed by atoms with E-state index in [4.69, 9.17) is 0 Å². The van der Waals surface area contributed by atoms with E-state index in [9.17, 15) is 29.0 Å². The van der Waals surface area contributed by atoms with Crippen molar-refractivity contribution in [2.45, 2.75) is 84.1 Å². The first-order chi connectivity index (χ1) is 20.1. The molecule has 1 heterocycles. The fourth-order valence-electron chi connectivity index (χ4n) is 6.38. The number of anilines is 1. The summed E-state index contributed by atoms with van der Waals surface area (Å²) in [7, 11) is 0. The molecule has 2 aromatic carbocycles. The zero-order valence-electron chi connectivity index (χ0n) is 24.8. The van der Waals surface area contributed by atoms with Gasteiger partial charge in [0.15, 0.2) is 5.92 Å². The van der Waals surface area contributed by atoms with Crippen LogP contribution in [0, 0.1) is 23.6 Å². The van der Waals surface area contributed by atoms with Gasteiger partial charge >= 0.3 is 11.9 Å². The van der Waals surface area contributed by atoms with Gasteiger partial charge in [-0.3, -0.25) is 14.4 Å². The Labute approximate surface area is 247 Å². The maximum Gasteiger partial charge on any atom is 0.317 e. The summed E-state index contributed by atoms with van der Waals surface area (Å²) in [5.41, 5.74) is 5.60. The Morgan fingerprint density at radius 2 is 1.64 bits per heavy atom. The second kappa shape index (κ2) is 14.0. The SMILES string of the molecule is CCCc1ccc(N2C(=O)C(CCC(C)c3ccc(F)cc3)C2C2=CC=C(CCCC(C(=O)O)C(=O)O)C(C)C2)cc1. The molecular weight excluding hydrogens is 533 g/mol. The fraction of sp³-hybridized carbons (Fsp3) is 0.457. The van der Waals surface area contributed by atoms with Crippen LogP contribution in [-0.4, -0.2) is 34.1 Å². The highest BCUT2D eigenvalue weighted by atomic mass is 19.1. The molecule has 0 aromatic heterocycles. The van der Waals surface area contributed by atoms with E-state index in [0.29, 0.717) is 12.8 Å². The van der Waals surface area contributed by atoms with Gasteiger partial charge < -0.3 is 15.1 Å². The molecule has 1 saturated heterocycles. The van der Waals surface area contributed by atoms with E-state index in [0.717, 1.165) is 43.4 Å². The Morgan fingerprint density at radius 3 is 2.24 bits per heavy atom. The number of β-lactam (4-membered cyclic amide) rings is 1. The van der Waals surface area contributed by atoms with Gasteiger partial charge in [-0.25, -0.2) is 4.39 Å². The van der Waals surface area contributed by atoms with E-state index >= 15 is 0 Å². The maximum atomic E-state index is 13.6. The van der Waals surface area contributed by atoms with Crippen LogP contribution in [0.1, 0.15) is 82.8 Å². The molecule has 4 atom stereocenters. The zero-order chi connectivity index (χ0) is 30.4.